The minimum Gasteiger partial charge on any atom is -0.480 e. The van der Waals surface area contributed by atoms with E-state index >= 15 is 0 Å². The number of hydrogen-bond acceptors (Lipinski definition) is 7. The van der Waals surface area contributed by atoms with Crippen molar-refractivity contribution >= 4 is 29.6 Å². The molecular formula is C12H21N5O2S. The molecule has 5 N–H and O–H groups in total. The number of carbonyl (C=O) groups is 1. The number of thioether (sulfide) groups is 1. The summed E-state index contributed by atoms with van der Waals surface area (Å²) in [4.78, 5) is 22.7. The van der Waals surface area contributed by atoms with Gasteiger partial charge in [0.25, 0.3) is 0 Å². The number of aromatic nitrogens is 3. The van der Waals surface area contributed by atoms with Gasteiger partial charge in [0.2, 0.25) is 11.9 Å². The largest absolute Gasteiger partial charge is 0.480 e. The second-order valence-corrected chi connectivity index (χ2v) is 5.65. The number of carboxylic acid groups (broad SMARTS) is 1. The highest BCUT2D eigenvalue weighted by Gasteiger charge is 2.20. The average molecular weight is 299 g/mol. The Morgan fingerprint density at radius 1 is 1.15 bits per heavy atom. The number of rotatable bonds is 9. The molecule has 0 saturated heterocycles. The molecule has 0 bridgehead atoms. The van der Waals surface area contributed by atoms with Crippen molar-refractivity contribution in [2.75, 3.05) is 11.5 Å². The summed E-state index contributed by atoms with van der Waals surface area (Å²) in [6.07, 6.45) is 5.99. The highest BCUT2D eigenvalue weighted by atomic mass is 32.2. The molecule has 1 aromatic heterocycles. The van der Waals surface area contributed by atoms with Gasteiger partial charge < -0.3 is 16.6 Å². The van der Waals surface area contributed by atoms with Gasteiger partial charge in [-0.05, 0) is 6.42 Å². The third kappa shape index (κ3) is 6.05. The number of carboxylic acids is 1. The third-order valence-electron chi connectivity index (χ3n) is 2.74. The Kier molecular flexibility index (Phi) is 7.06. The van der Waals surface area contributed by atoms with Crippen LogP contribution in [0.25, 0.3) is 0 Å². The molecule has 0 fully saturated rings. The first-order valence-electron chi connectivity index (χ1n) is 6.69. The monoisotopic (exact) mass is 299 g/mol. The Morgan fingerprint density at radius 2 is 1.75 bits per heavy atom. The summed E-state index contributed by atoms with van der Waals surface area (Å²) >= 11 is 1.07. The van der Waals surface area contributed by atoms with Crippen LogP contribution in [-0.4, -0.2) is 31.3 Å². The highest BCUT2D eigenvalue weighted by Crippen LogP contribution is 2.25. The van der Waals surface area contributed by atoms with E-state index in [4.69, 9.17) is 11.5 Å². The van der Waals surface area contributed by atoms with Crippen molar-refractivity contribution in [3.8, 4) is 0 Å². The number of aliphatic carboxylic acids is 1. The van der Waals surface area contributed by atoms with E-state index in [0.717, 1.165) is 31.0 Å². The van der Waals surface area contributed by atoms with Crippen molar-refractivity contribution < 1.29 is 9.90 Å². The fraction of sp³-hybridized carbons (Fsp3) is 0.667. The SMILES string of the molecule is CCCCCCCC(Sc1nc(N)nc(N)n1)C(=O)O. The van der Waals surface area contributed by atoms with Crippen molar-refractivity contribution in [2.24, 2.45) is 0 Å². The molecule has 0 aromatic carbocycles. The van der Waals surface area contributed by atoms with Gasteiger partial charge in [-0.2, -0.15) is 15.0 Å². The van der Waals surface area contributed by atoms with Gasteiger partial charge in [-0.1, -0.05) is 50.8 Å². The lowest BCUT2D eigenvalue weighted by Gasteiger charge is -2.11. The van der Waals surface area contributed by atoms with Gasteiger partial charge in [0.05, 0.1) is 0 Å². The van der Waals surface area contributed by atoms with E-state index in [-0.39, 0.29) is 17.1 Å². The van der Waals surface area contributed by atoms with E-state index in [9.17, 15) is 9.90 Å². The van der Waals surface area contributed by atoms with Crippen LogP contribution in [0.3, 0.4) is 0 Å². The summed E-state index contributed by atoms with van der Waals surface area (Å²) < 4.78 is 0. The molecule has 1 rings (SSSR count). The smallest absolute Gasteiger partial charge is 0.317 e. The van der Waals surface area contributed by atoms with Crippen LogP contribution in [0, 0.1) is 0 Å². The molecule has 0 saturated carbocycles. The zero-order valence-electron chi connectivity index (χ0n) is 11.6. The molecule has 8 heteroatoms. The molecule has 0 spiro atoms. The molecule has 20 heavy (non-hydrogen) atoms. The molecule has 0 aliphatic heterocycles. The summed E-state index contributed by atoms with van der Waals surface area (Å²) in [5.74, 6) is -0.859. The lowest BCUT2D eigenvalue weighted by Crippen LogP contribution is -2.17. The first-order valence-corrected chi connectivity index (χ1v) is 7.57. The maximum absolute atomic E-state index is 11.2. The number of nitrogens with zero attached hydrogens (tertiary/aromatic N) is 3. The Labute approximate surface area is 122 Å². The van der Waals surface area contributed by atoms with Gasteiger partial charge in [0.1, 0.15) is 5.25 Å². The van der Waals surface area contributed by atoms with Crippen molar-refractivity contribution in [2.45, 2.75) is 55.9 Å². The third-order valence-corrected chi connectivity index (χ3v) is 3.86. The van der Waals surface area contributed by atoms with Gasteiger partial charge in [0, 0.05) is 0 Å². The maximum Gasteiger partial charge on any atom is 0.317 e. The average Bonchev–Trinajstić information content (AvgIpc) is 2.35. The van der Waals surface area contributed by atoms with Crippen LogP contribution < -0.4 is 11.5 Å². The fourth-order valence-electron chi connectivity index (χ4n) is 1.73. The maximum atomic E-state index is 11.2. The van der Waals surface area contributed by atoms with Gasteiger partial charge in [0.15, 0.2) is 5.16 Å². The molecule has 0 radical (unpaired) electrons. The normalized spacial score (nSPS) is 12.2. The lowest BCUT2D eigenvalue weighted by molar-refractivity contribution is -0.136. The molecule has 0 aliphatic carbocycles. The summed E-state index contributed by atoms with van der Waals surface area (Å²) in [5, 5.41) is 8.90. The fourth-order valence-corrected chi connectivity index (χ4v) is 2.67. The Bertz CT molecular complexity index is 424. The number of unbranched alkanes of at least 4 members (excludes halogenated alkanes) is 4. The molecule has 1 aromatic rings. The van der Waals surface area contributed by atoms with E-state index in [1.165, 1.54) is 12.8 Å². The van der Waals surface area contributed by atoms with Crippen LogP contribution in [0.5, 0.6) is 0 Å². The van der Waals surface area contributed by atoms with E-state index < -0.39 is 11.2 Å². The molecule has 0 aliphatic rings. The van der Waals surface area contributed by atoms with Crippen LogP contribution in [0.1, 0.15) is 45.4 Å². The zero-order chi connectivity index (χ0) is 15.0. The summed E-state index contributed by atoms with van der Waals surface area (Å²) in [6, 6.07) is 0. The van der Waals surface area contributed by atoms with Crippen LogP contribution in [0.2, 0.25) is 0 Å². The second kappa shape index (κ2) is 8.57. The highest BCUT2D eigenvalue weighted by molar-refractivity contribution is 8.00. The van der Waals surface area contributed by atoms with E-state index in [2.05, 4.69) is 21.9 Å². The quantitative estimate of drug-likeness (QED) is 0.466. The Balaban J connectivity index is 2.52. The number of nitrogen functional groups attached to an aromatic ring is 2. The van der Waals surface area contributed by atoms with Crippen molar-refractivity contribution in [1.29, 1.82) is 0 Å². The Morgan fingerprint density at radius 3 is 2.30 bits per heavy atom. The topological polar surface area (TPSA) is 128 Å². The molecular weight excluding hydrogens is 278 g/mol. The molecule has 1 unspecified atom stereocenters. The van der Waals surface area contributed by atoms with Crippen molar-refractivity contribution in [1.82, 2.24) is 15.0 Å². The summed E-state index contributed by atoms with van der Waals surface area (Å²) in [6.45, 7) is 2.14. The predicted octanol–water partition coefficient (Wildman–Crippen LogP) is 1.94. The van der Waals surface area contributed by atoms with Crippen LogP contribution in [0.15, 0.2) is 5.16 Å². The number of anilines is 2. The van der Waals surface area contributed by atoms with Crippen molar-refractivity contribution in [3.63, 3.8) is 0 Å². The van der Waals surface area contributed by atoms with Crippen LogP contribution in [0.4, 0.5) is 11.9 Å². The van der Waals surface area contributed by atoms with E-state index in [1.54, 1.807) is 0 Å². The minimum atomic E-state index is -0.872. The van der Waals surface area contributed by atoms with Gasteiger partial charge in [-0.25, -0.2) is 0 Å². The zero-order valence-corrected chi connectivity index (χ0v) is 12.4. The molecule has 7 nitrogen and oxygen atoms in total. The van der Waals surface area contributed by atoms with Crippen LogP contribution in [-0.2, 0) is 4.79 Å². The molecule has 0 amide bonds. The first kappa shape index (κ1) is 16.5. The van der Waals surface area contributed by atoms with E-state index in [1.807, 2.05) is 0 Å². The second-order valence-electron chi connectivity index (χ2n) is 4.48. The standard InChI is InChI=1S/C12H21N5O2S/c1-2-3-4-5-6-7-8(9(18)19)20-12-16-10(13)15-11(14)17-12/h8H,2-7H2,1H3,(H,18,19)(H4,13,14,15,16,17). The minimum absolute atomic E-state index is 0.00656. The van der Waals surface area contributed by atoms with E-state index in [0.29, 0.717) is 6.42 Å². The Hall–Kier alpha value is -1.57. The van der Waals surface area contributed by atoms with Gasteiger partial charge in [-0.15, -0.1) is 0 Å². The molecule has 112 valence electrons. The first-order chi connectivity index (χ1) is 9.52. The van der Waals surface area contributed by atoms with Crippen molar-refractivity contribution in [3.05, 3.63) is 0 Å². The van der Waals surface area contributed by atoms with Gasteiger partial charge in [-0.3, -0.25) is 4.79 Å². The summed E-state index contributed by atoms with van der Waals surface area (Å²) in [5.41, 5.74) is 10.9. The van der Waals surface area contributed by atoms with Gasteiger partial charge >= 0.3 is 5.97 Å². The van der Waals surface area contributed by atoms with Crippen LogP contribution >= 0.6 is 11.8 Å². The molecule has 1 atom stereocenters. The molecule has 1 heterocycles. The number of hydrogen-bond donors (Lipinski definition) is 3. The predicted molar refractivity (Wildman–Crippen MR) is 79.3 cm³/mol. The summed E-state index contributed by atoms with van der Waals surface area (Å²) in [7, 11) is 0. The lowest BCUT2D eigenvalue weighted by atomic mass is 10.1. The number of nitrogens with two attached hydrogens (primary N) is 2.